The van der Waals surface area contributed by atoms with Crippen LogP contribution in [0.25, 0.3) is 39.6 Å². The summed E-state index contributed by atoms with van der Waals surface area (Å²) >= 11 is 0. The van der Waals surface area contributed by atoms with Crippen molar-refractivity contribution < 1.29 is 59.1 Å². The van der Waals surface area contributed by atoms with Crippen molar-refractivity contribution in [1.82, 2.24) is 73.5 Å². The molecular formula is C55H92N18O12. The number of hydrogen-bond donors (Lipinski definition) is 9. The van der Waals surface area contributed by atoms with Gasteiger partial charge < -0.3 is 80.8 Å². The van der Waals surface area contributed by atoms with Crippen LogP contribution in [0, 0.1) is 5.92 Å². The number of aliphatic hydroxyl groups is 6. The van der Waals surface area contributed by atoms with Gasteiger partial charge in [-0.05, 0) is 73.7 Å². The number of piperidine rings is 3. The van der Waals surface area contributed by atoms with E-state index < -0.39 is 42.7 Å². The van der Waals surface area contributed by atoms with Gasteiger partial charge in [0.15, 0.2) is 34.1 Å². The normalized spacial score (nSPS) is 31.4. The minimum absolute atomic E-state index is 0.00796. The van der Waals surface area contributed by atoms with Crippen LogP contribution in [0.15, 0.2) is 43.4 Å². The predicted octanol–water partition coefficient (Wildman–Crippen LogP) is -0.150. The van der Waals surface area contributed by atoms with Crippen LogP contribution in [0.4, 0.5) is 17.5 Å². The Morgan fingerprint density at radius 2 is 1.09 bits per heavy atom. The van der Waals surface area contributed by atoms with E-state index in [1.54, 1.807) is 54.4 Å². The molecule has 6 aromatic rings. The van der Waals surface area contributed by atoms with Gasteiger partial charge >= 0.3 is 0 Å². The number of hydrogen-bond acceptors (Lipinski definition) is 27. The summed E-state index contributed by atoms with van der Waals surface area (Å²) < 4.78 is 36.7. The fourth-order valence-corrected chi connectivity index (χ4v) is 11.0. The first-order valence-corrected chi connectivity index (χ1v) is 28.3. The van der Waals surface area contributed by atoms with Crippen LogP contribution in [0.5, 0.6) is 0 Å². The highest BCUT2D eigenvalue weighted by molar-refractivity contribution is 5.85. The molecule has 6 aromatic heterocycles. The Morgan fingerprint density at radius 3 is 1.68 bits per heavy atom. The highest BCUT2D eigenvalue weighted by atomic mass is 16.5. The minimum Gasteiger partial charge on any atom is -0.389 e. The number of anilines is 3. The molecule has 474 valence electrons. The van der Waals surface area contributed by atoms with Gasteiger partial charge in [0.1, 0.15) is 61.1 Å². The number of methoxy groups -OCH3 is 6. The third-order valence-electron chi connectivity index (χ3n) is 16.8. The first-order valence-electron chi connectivity index (χ1n) is 28.3. The summed E-state index contributed by atoms with van der Waals surface area (Å²) in [5.41, 5.74) is 21.9. The molecule has 5 fully saturated rings. The van der Waals surface area contributed by atoms with Crippen LogP contribution in [0.1, 0.15) is 66.0 Å². The molecule has 4 unspecified atom stereocenters. The second-order valence-electron chi connectivity index (χ2n) is 22.2. The van der Waals surface area contributed by atoms with E-state index in [1.165, 1.54) is 26.1 Å². The third-order valence-corrected chi connectivity index (χ3v) is 16.8. The quantitative estimate of drug-likeness (QED) is 0.0814. The summed E-state index contributed by atoms with van der Waals surface area (Å²) in [4.78, 5) is 38.6. The number of rotatable bonds is 11. The maximum Gasteiger partial charge on any atom is 0.169 e. The van der Waals surface area contributed by atoms with Crippen molar-refractivity contribution in [3.05, 3.63) is 43.4 Å². The Balaban J connectivity index is 0.000000165. The van der Waals surface area contributed by atoms with Crippen molar-refractivity contribution in [2.75, 3.05) is 107 Å². The maximum absolute atomic E-state index is 9.65. The average molecular weight is 1200 g/mol. The molecule has 0 aromatic carbocycles. The average Bonchev–Trinajstić information content (AvgIpc) is 2.05. The molecule has 30 heteroatoms. The summed E-state index contributed by atoms with van der Waals surface area (Å²) in [6, 6.07) is 0.874. The lowest BCUT2D eigenvalue weighted by Crippen LogP contribution is -2.59. The summed E-state index contributed by atoms with van der Waals surface area (Å²) in [7, 11) is 15.4. The highest BCUT2D eigenvalue weighted by Crippen LogP contribution is 2.44. The van der Waals surface area contributed by atoms with Crippen LogP contribution in [-0.2, 0) is 28.4 Å². The SMILES string of the molecule is CC[C@@H]1C(OC)CC1n1ncc2c(N)ncnc21.COC1CC1n1cnc2c(N)ncnc21.COCC(C)=Cn1cnc2c(N)ncnc21.CO[C@@H]1[C@H](O)[C@@H](O)CN(C)[C@@H]1C.CO[C@H]1CN(C)[C@H](C)[C@H](O)[C@@H]1O.CO[C@H]1[C@@H](O)[C@@H](C)N(C)C[C@@H]1O. The lowest BCUT2D eigenvalue weighted by atomic mass is 9.75. The van der Waals surface area contributed by atoms with Crippen LogP contribution in [-0.4, -0.2) is 279 Å². The number of aliphatic hydroxyl groups excluding tert-OH is 6. The van der Waals surface area contributed by atoms with Crippen LogP contribution in [0.2, 0.25) is 0 Å². The van der Waals surface area contributed by atoms with Gasteiger partial charge in [0.25, 0.3) is 0 Å². The predicted molar refractivity (Wildman–Crippen MR) is 318 cm³/mol. The lowest BCUT2D eigenvalue weighted by Gasteiger charge is -2.43. The monoisotopic (exact) mass is 1200 g/mol. The number of β-amino-alcohol motifs (C(OH)–C–C–N with tert-alkyl or cyclic N) is 2. The van der Waals surface area contributed by atoms with Crippen molar-refractivity contribution in [3.63, 3.8) is 0 Å². The van der Waals surface area contributed by atoms with E-state index >= 15 is 0 Å². The number of fused-ring (bicyclic) bond motifs is 3. The molecule has 2 aliphatic carbocycles. The number of nitrogens with two attached hydrogens (primary N) is 3. The molecule has 0 bridgehead atoms. The van der Waals surface area contributed by atoms with Crippen molar-refractivity contribution in [1.29, 1.82) is 0 Å². The number of likely N-dealkylation sites (tertiary alicyclic amines) is 3. The minimum atomic E-state index is -0.763. The van der Waals surface area contributed by atoms with Gasteiger partial charge in [-0.25, -0.2) is 44.6 Å². The molecule has 17 atom stereocenters. The molecule has 9 heterocycles. The van der Waals surface area contributed by atoms with Gasteiger partial charge in [-0.1, -0.05) is 6.92 Å². The second-order valence-corrected chi connectivity index (χ2v) is 22.2. The van der Waals surface area contributed by atoms with E-state index in [1.807, 2.05) is 83.6 Å². The molecule has 2 saturated carbocycles. The zero-order chi connectivity index (χ0) is 62.6. The Bertz CT molecular complexity index is 3010. The Morgan fingerprint density at radius 1 is 0.565 bits per heavy atom. The van der Waals surface area contributed by atoms with E-state index in [0.29, 0.717) is 84.5 Å². The first-order chi connectivity index (χ1) is 40.5. The summed E-state index contributed by atoms with van der Waals surface area (Å²) in [6.45, 7) is 12.2. The Labute approximate surface area is 495 Å². The van der Waals surface area contributed by atoms with Gasteiger partial charge in [-0.15, -0.1) is 0 Å². The van der Waals surface area contributed by atoms with Gasteiger partial charge in [0, 0.05) is 92.5 Å². The number of imidazole rings is 2. The number of ether oxygens (including phenoxy) is 6. The lowest BCUT2D eigenvalue weighted by molar-refractivity contribution is -0.141. The summed E-state index contributed by atoms with van der Waals surface area (Å²) in [5, 5.41) is 62.4. The molecule has 85 heavy (non-hydrogen) atoms. The highest BCUT2D eigenvalue weighted by Gasteiger charge is 2.44. The molecule has 5 aliphatic rings. The summed E-state index contributed by atoms with van der Waals surface area (Å²) in [6.07, 6.45) is 9.96. The van der Waals surface area contributed by atoms with E-state index in [9.17, 15) is 30.6 Å². The van der Waals surface area contributed by atoms with Gasteiger partial charge in [-0.3, -0.25) is 19.3 Å². The van der Waals surface area contributed by atoms with Gasteiger partial charge in [0.05, 0.1) is 79.3 Å². The summed E-state index contributed by atoms with van der Waals surface area (Å²) in [5.74, 6) is 1.80. The zero-order valence-electron chi connectivity index (χ0n) is 51.4. The Hall–Kier alpha value is -5.81. The van der Waals surface area contributed by atoms with E-state index in [4.69, 9.17) is 45.6 Å². The molecule has 30 nitrogen and oxygen atoms in total. The molecule has 3 saturated heterocycles. The number of nitrogen functional groups attached to an aromatic ring is 3. The largest absolute Gasteiger partial charge is 0.389 e. The molecule has 0 radical (unpaired) electrons. The van der Waals surface area contributed by atoms with E-state index in [0.717, 1.165) is 41.5 Å². The topological polar surface area (TPSA) is 395 Å². The fourth-order valence-electron chi connectivity index (χ4n) is 11.0. The van der Waals surface area contributed by atoms with Gasteiger partial charge in [0.2, 0.25) is 0 Å². The number of aromatic nitrogens is 12. The van der Waals surface area contributed by atoms with Gasteiger partial charge in [-0.2, -0.15) is 5.10 Å². The second kappa shape index (κ2) is 31.2. The van der Waals surface area contributed by atoms with Crippen molar-refractivity contribution >= 4 is 57.0 Å². The van der Waals surface area contributed by atoms with Crippen molar-refractivity contribution in [2.45, 2.75) is 151 Å². The first kappa shape index (κ1) is 68.3. The number of likely N-dealkylation sites (N-methyl/N-ethyl adjacent to an activating group) is 3. The van der Waals surface area contributed by atoms with Crippen molar-refractivity contribution in [2.24, 2.45) is 5.92 Å². The van der Waals surface area contributed by atoms with E-state index in [2.05, 4.69) is 51.9 Å². The molecule has 0 spiro atoms. The molecule has 0 amide bonds. The standard InChI is InChI=1S/C12H17N5O.C10H13N5O.C9H11N5O.3C8H17NO3/c1-3-7-9(4-10(7)18-2)17-12-8(5-16-17)11(13)14-6-15-12;1-7(4-16-2)3-15-6-14-8-9(11)12-5-13-10(8)15;1-15-6-2-5(6)14-4-13-7-8(10)11-3-12-9(7)14;1-5-8(12-3)7(11)6(10)4-9(5)2;1-5-7(10)8(11)6(12-3)4-9(5)2;1-5-7(11)8(12-3)6(10)4-9(5)2/h5-7,9-10H,3-4H2,1-2H3,(H2,13,14,15);3,5-6H,4H2,1-2H3,(H2,11,12,13);3-6H,2H2,1H3,(H2,10,11,12);3*5-8,10-11H,4H2,1-3H3/t7-,9?,10?;;;5-,6+,7-,8+;2*5-,6+,7+,8-/m0..111/s1. The molecule has 3 aliphatic heterocycles. The maximum atomic E-state index is 9.65. The van der Waals surface area contributed by atoms with E-state index in [-0.39, 0.29) is 36.4 Å². The smallest absolute Gasteiger partial charge is 0.169 e. The molecular weight excluding hydrogens is 1100 g/mol. The molecule has 11 rings (SSSR count). The zero-order valence-corrected chi connectivity index (χ0v) is 51.4. The van der Waals surface area contributed by atoms with Crippen LogP contribution in [0.3, 0.4) is 0 Å². The third kappa shape index (κ3) is 16.0. The van der Waals surface area contributed by atoms with Crippen molar-refractivity contribution in [3.8, 4) is 0 Å². The number of nitrogens with zero attached hydrogens (tertiary/aromatic N) is 15. The van der Waals surface area contributed by atoms with Crippen LogP contribution < -0.4 is 17.2 Å². The fraction of sp³-hybridized carbons (Fsp3) is 0.691. The van der Waals surface area contributed by atoms with Crippen LogP contribution >= 0.6 is 0 Å². The Kier molecular flexibility index (Phi) is 25.1. The molecule has 12 N–H and O–H groups in total.